The first kappa shape index (κ1) is 13.0. The molecule has 0 heterocycles. The SMILES string of the molecule is C/C=C(/C=C(\N)c1ccccc1)C(N)=NCC. The van der Waals surface area contributed by atoms with Crippen LogP contribution in [0.4, 0.5) is 0 Å². The van der Waals surface area contributed by atoms with E-state index in [0.717, 1.165) is 11.1 Å². The molecule has 0 fully saturated rings. The van der Waals surface area contributed by atoms with Gasteiger partial charge in [-0.2, -0.15) is 0 Å². The lowest BCUT2D eigenvalue weighted by atomic mass is 10.1. The van der Waals surface area contributed by atoms with Crippen LogP contribution < -0.4 is 11.5 Å². The van der Waals surface area contributed by atoms with Crippen LogP contribution in [0.1, 0.15) is 19.4 Å². The van der Waals surface area contributed by atoms with Crippen LogP contribution in [0.2, 0.25) is 0 Å². The van der Waals surface area contributed by atoms with Crippen LogP contribution in [0.5, 0.6) is 0 Å². The van der Waals surface area contributed by atoms with E-state index < -0.39 is 0 Å². The molecule has 1 rings (SSSR count). The number of hydrogen-bond donors (Lipinski definition) is 2. The summed E-state index contributed by atoms with van der Waals surface area (Å²) >= 11 is 0. The van der Waals surface area contributed by atoms with Gasteiger partial charge in [0, 0.05) is 17.8 Å². The second-order valence-electron chi connectivity index (χ2n) is 3.57. The molecule has 0 saturated carbocycles. The Hall–Kier alpha value is -2.03. The Kier molecular flexibility index (Phi) is 5.01. The largest absolute Gasteiger partial charge is 0.398 e. The van der Waals surface area contributed by atoms with Crippen molar-refractivity contribution >= 4 is 11.5 Å². The topological polar surface area (TPSA) is 64.4 Å². The van der Waals surface area contributed by atoms with Crippen molar-refractivity contribution in [3.8, 4) is 0 Å². The minimum absolute atomic E-state index is 0.522. The number of nitrogens with zero attached hydrogens (tertiary/aromatic N) is 1. The van der Waals surface area contributed by atoms with Gasteiger partial charge in [0.1, 0.15) is 5.84 Å². The summed E-state index contributed by atoms with van der Waals surface area (Å²) in [6.45, 7) is 4.54. The van der Waals surface area contributed by atoms with Gasteiger partial charge in [0.05, 0.1) is 0 Å². The predicted octanol–water partition coefficient (Wildman–Crippen LogP) is 2.31. The standard InChI is InChI=1S/C14H19N3/c1-3-11(14(16)17-4-2)10-13(15)12-8-6-5-7-9-12/h3,5-10H,4,15H2,1-2H3,(H2,16,17)/b11-3-,13-10-. The minimum atomic E-state index is 0.522. The Bertz CT molecular complexity index is 442. The molecular weight excluding hydrogens is 210 g/mol. The molecule has 0 unspecified atom stereocenters. The number of aliphatic imine (C=N–C) groups is 1. The summed E-state index contributed by atoms with van der Waals surface area (Å²) in [6, 6.07) is 9.79. The molecule has 1 aromatic carbocycles. The van der Waals surface area contributed by atoms with E-state index in [-0.39, 0.29) is 0 Å². The van der Waals surface area contributed by atoms with Crippen molar-refractivity contribution in [1.82, 2.24) is 0 Å². The zero-order valence-electron chi connectivity index (χ0n) is 10.4. The number of nitrogens with two attached hydrogens (primary N) is 2. The molecule has 3 nitrogen and oxygen atoms in total. The third kappa shape index (κ3) is 3.79. The molecule has 4 N–H and O–H groups in total. The van der Waals surface area contributed by atoms with Crippen LogP contribution in [0.25, 0.3) is 5.70 Å². The van der Waals surface area contributed by atoms with Crippen LogP contribution in [0.3, 0.4) is 0 Å². The molecular formula is C14H19N3. The van der Waals surface area contributed by atoms with Crippen LogP contribution in [-0.4, -0.2) is 12.4 Å². The van der Waals surface area contributed by atoms with Gasteiger partial charge in [-0.25, -0.2) is 0 Å². The maximum Gasteiger partial charge on any atom is 0.125 e. The Morgan fingerprint density at radius 1 is 1.24 bits per heavy atom. The van der Waals surface area contributed by atoms with E-state index in [1.165, 1.54) is 0 Å². The van der Waals surface area contributed by atoms with E-state index in [0.29, 0.717) is 18.1 Å². The highest BCUT2D eigenvalue weighted by atomic mass is 14.8. The molecule has 3 heteroatoms. The summed E-state index contributed by atoms with van der Waals surface area (Å²) in [5.41, 5.74) is 14.4. The minimum Gasteiger partial charge on any atom is -0.398 e. The number of hydrogen-bond acceptors (Lipinski definition) is 2. The molecule has 0 radical (unpaired) electrons. The molecule has 0 aliphatic carbocycles. The Morgan fingerprint density at radius 3 is 2.41 bits per heavy atom. The van der Waals surface area contributed by atoms with Crippen molar-refractivity contribution in [1.29, 1.82) is 0 Å². The zero-order chi connectivity index (χ0) is 12.7. The van der Waals surface area contributed by atoms with Gasteiger partial charge in [-0.15, -0.1) is 0 Å². The van der Waals surface area contributed by atoms with Gasteiger partial charge >= 0.3 is 0 Å². The van der Waals surface area contributed by atoms with Crippen LogP contribution >= 0.6 is 0 Å². The van der Waals surface area contributed by atoms with Crippen molar-refractivity contribution in [2.24, 2.45) is 16.5 Å². The van der Waals surface area contributed by atoms with Gasteiger partial charge in [0.25, 0.3) is 0 Å². The fourth-order valence-electron chi connectivity index (χ4n) is 1.45. The molecule has 90 valence electrons. The van der Waals surface area contributed by atoms with E-state index in [1.807, 2.05) is 56.3 Å². The Labute approximate surface area is 103 Å². The van der Waals surface area contributed by atoms with Crippen molar-refractivity contribution in [3.05, 3.63) is 53.6 Å². The number of allylic oxidation sites excluding steroid dienone is 1. The summed E-state index contributed by atoms with van der Waals surface area (Å²) < 4.78 is 0. The van der Waals surface area contributed by atoms with E-state index in [9.17, 15) is 0 Å². The summed E-state index contributed by atoms with van der Waals surface area (Å²) in [6.07, 6.45) is 3.76. The van der Waals surface area contributed by atoms with Crippen LogP contribution in [0, 0.1) is 0 Å². The van der Waals surface area contributed by atoms with Crippen molar-refractivity contribution in [3.63, 3.8) is 0 Å². The normalized spacial score (nSPS) is 13.9. The van der Waals surface area contributed by atoms with E-state index in [1.54, 1.807) is 0 Å². The summed E-state index contributed by atoms with van der Waals surface area (Å²) in [4.78, 5) is 4.17. The first-order chi connectivity index (χ1) is 8.19. The highest BCUT2D eigenvalue weighted by molar-refractivity contribution is 6.01. The quantitative estimate of drug-likeness (QED) is 0.472. The third-order valence-electron chi connectivity index (χ3n) is 2.35. The monoisotopic (exact) mass is 229 g/mol. The first-order valence-electron chi connectivity index (χ1n) is 5.68. The molecule has 0 aromatic heterocycles. The lowest BCUT2D eigenvalue weighted by Gasteiger charge is -2.04. The summed E-state index contributed by atoms with van der Waals surface area (Å²) in [7, 11) is 0. The molecule has 0 amide bonds. The van der Waals surface area contributed by atoms with Crippen molar-refractivity contribution in [2.45, 2.75) is 13.8 Å². The fourth-order valence-corrected chi connectivity index (χ4v) is 1.45. The average Bonchev–Trinajstić information content (AvgIpc) is 2.37. The molecule has 0 saturated heterocycles. The van der Waals surface area contributed by atoms with E-state index in [4.69, 9.17) is 11.5 Å². The summed E-state index contributed by atoms with van der Waals surface area (Å²) in [5, 5.41) is 0. The Morgan fingerprint density at radius 2 is 1.88 bits per heavy atom. The van der Waals surface area contributed by atoms with Gasteiger partial charge in [0.15, 0.2) is 0 Å². The predicted molar refractivity (Wildman–Crippen MR) is 74.5 cm³/mol. The highest BCUT2D eigenvalue weighted by Crippen LogP contribution is 2.11. The van der Waals surface area contributed by atoms with Gasteiger partial charge in [-0.05, 0) is 25.5 Å². The molecule has 17 heavy (non-hydrogen) atoms. The maximum atomic E-state index is 6.02. The second-order valence-corrected chi connectivity index (χ2v) is 3.57. The molecule has 0 aliphatic rings. The molecule has 0 spiro atoms. The fraction of sp³-hybridized carbons (Fsp3) is 0.214. The van der Waals surface area contributed by atoms with Crippen LogP contribution in [0.15, 0.2) is 53.0 Å². The second kappa shape index (κ2) is 6.53. The highest BCUT2D eigenvalue weighted by Gasteiger charge is 2.00. The van der Waals surface area contributed by atoms with Gasteiger partial charge in [-0.1, -0.05) is 36.4 Å². The molecule has 0 aliphatic heterocycles. The average molecular weight is 229 g/mol. The maximum absolute atomic E-state index is 6.02. The lowest BCUT2D eigenvalue weighted by Crippen LogP contribution is -2.15. The lowest BCUT2D eigenvalue weighted by molar-refractivity contribution is 1.12. The number of amidine groups is 1. The Balaban J connectivity index is 2.98. The smallest absolute Gasteiger partial charge is 0.125 e. The van der Waals surface area contributed by atoms with E-state index in [2.05, 4.69) is 4.99 Å². The van der Waals surface area contributed by atoms with Gasteiger partial charge in [0.2, 0.25) is 0 Å². The summed E-state index contributed by atoms with van der Waals surface area (Å²) in [5.74, 6) is 0.522. The third-order valence-corrected chi connectivity index (χ3v) is 2.35. The number of benzene rings is 1. The van der Waals surface area contributed by atoms with E-state index >= 15 is 0 Å². The van der Waals surface area contributed by atoms with Crippen molar-refractivity contribution < 1.29 is 0 Å². The molecule has 1 aromatic rings. The van der Waals surface area contributed by atoms with Gasteiger partial charge in [-0.3, -0.25) is 4.99 Å². The number of rotatable bonds is 4. The van der Waals surface area contributed by atoms with Crippen LogP contribution in [-0.2, 0) is 0 Å². The first-order valence-corrected chi connectivity index (χ1v) is 5.68. The van der Waals surface area contributed by atoms with Gasteiger partial charge < -0.3 is 11.5 Å². The zero-order valence-corrected chi connectivity index (χ0v) is 10.4. The molecule has 0 atom stereocenters. The van der Waals surface area contributed by atoms with Crippen molar-refractivity contribution in [2.75, 3.05) is 6.54 Å². The molecule has 0 bridgehead atoms.